The van der Waals surface area contributed by atoms with E-state index >= 15 is 0 Å². The zero-order valence-electron chi connectivity index (χ0n) is 8.47. The second kappa shape index (κ2) is 4.18. The van der Waals surface area contributed by atoms with E-state index in [0.717, 1.165) is 5.69 Å². The monoisotopic (exact) mass is 244 g/mol. The van der Waals surface area contributed by atoms with Crippen LogP contribution >= 0.6 is 0 Å². The highest BCUT2D eigenvalue weighted by molar-refractivity contribution is 7.89. The Morgan fingerprint density at radius 2 is 2.06 bits per heavy atom. The van der Waals surface area contributed by atoms with E-state index in [1.165, 1.54) is 0 Å². The first-order chi connectivity index (χ1) is 7.54. The minimum atomic E-state index is -3.42. The van der Waals surface area contributed by atoms with Gasteiger partial charge in [-0.25, -0.2) is 13.6 Å². The maximum Gasteiger partial charge on any atom is 0.231 e. The Hall–Kier alpha value is -1.47. The van der Waals surface area contributed by atoms with Crippen LogP contribution in [0.25, 0.3) is 0 Å². The third kappa shape index (κ3) is 2.77. The average molecular weight is 244 g/mol. The van der Waals surface area contributed by atoms with Gasteiger partial charge in [-0.3, -0.25) is 0 Å². The molecule has 0 atom stereocenters. The zero-order chi connectivity index (χ0) is 11.6. The SMILES string of the molecule is NS(=O)(=O)CCNc1ccc2c(c1)OCO2. The number of primary sulfonamides is 1. The molecule has 0 amide bonds. The van der Waals surface area contributed by atoms with Gasteiger partial charge in [-0.1, -0.05) is 0 Å². The quantitative estimate of drug-likeness (QED) is 0.784. The predicted molar refractivity (Wildman–Crippen MR) is 59.0 cm³/mol. The lowest BCUT2D eigenvalue weighted by Gasteiger charge is -2.05. The van der Waals surface area contributed by atoms with Crippen molar-refractivity contribution in [2.75, 3.05) is 24.4 Å². The topological polar surface area (TPSA) is 90.7 Å². The molecule has 0 fully saturated rings. The van der Waals surface area contributed by atoms with Gasteiger partial charge in [0, 0.05) is 18.3 Å². The summed E-state index contributed by atoms with van der Waals surface area (Å²) in [5.41, 5.74) is 0.771. The van der Waals surface area contributed by atoms with Gasteiger partial charge in [0.15, 0.2) is 11.5 Å². The third-order valence-corrected chi connectivity index (χ3v) is 2.86. The number of rotatable bonds is 4. The van der Waals surface area contributed by atoms with Crippen LogP contribution in [-0.4, -0.2) is 27.5 Å². The summed E-state index contributed by atoms with van der Waals surface area (Å²) in [4.78, 5) is 0. The second-order valence-electron chi connectivity index (χ2n) is 3.36. The van der Waals surface area contributed by atoms with Crippen molar-refractivity contribution in [2.24, 2.45) is 5.14 Å². The molecule has 0 aromatic heterocycles. The van der Waals surface area contributed by atoms with Crippen molar-refractivity contribution in [3.8, 4) is 11.5 Å². The van der Waals surface area contributed by atoms with Crippen LogP contribution in [0.15, 0.2) is 18.2 Å². The van der Waals surface area contributed by atoms with E-state index in [1.54, 1.807) is 18.2 Å². The standard InChI is InChI=1S/C9H12N2O4S/c10-16(12,13)4-3-11-7-1-2-8-9(5-7)15-6-14-8/h1-2,5,11H,3-4,6H2,(H2,10,12,13). The Kier molecular flexibility index (Phi) is 2.88. The minimum Gasteiger partial charge on any atom is -0.454 e. The molecule has 1 aromatic carbocycles. The average Bonchev–Trinajstić information content (AvgIpc) is 2.62. The van der Waals surface area contributed by atoms with Crippen LogP contribution in [0.5, 0.6) is 11.5 Å². The summed E-state index contributed by atoms with van der Waals surface area (Å²) in [6.45, 7) is 0.481. The summed E-state index contributed by atoms with van der Waals surface area (Å²) in [6, 6.07) is 5.31. The van der Waals surface area contributed by atoms with Crippen molar-refractivity contribution >= 4 is 15.7 Å². The van der Waals surface area contributed by atoms with E-state index in [-0.39, 0.29) is 19.1 Å². The van der Waals surface area contributed by atoms with Crippen molar-refractivity contribution < 1.29 is 17.9 Å². The number of nitrogens with two attached hydrogens (primary N) is 1. The summed E-state index contributed by atoms with van der Waals surface area (Å²) in [6.07, 6.45) is 0. The Balaban J connectivity index is 1.95. The number of nitrogens with one attached hydrogen (secondary N) is 1. The third-order valence-electron chi connectivity index (χ3n) is 2.09. The van der Waals surface area contributed by atoms with Crippen LogP contribution in [0.1, 0.15) is 0 Å². The van der Waals surface area contributed by atoms with E-state index in [2.05, 4.69) is 5.32 Å². The maximum absolute atomic E-state index is 10.7. The van der Waals surface area contributed by atoms with Crippen molar-refractivity contribution in [3.63, 3.8) is 0 Å². The molecule has 1 heterocycles. The molecule has 88 valence electrons. The van der Waals surface area contributed by atoms with Gasteiger partial charge < -0.3 is 14.8 Å². The van der Waals surface area contributed by atoms with Gasteiger partial charge in [0.05, 0.1) is 5.75 Å². The fraction of sp³-hybridized carbons (Fsp3) is 0.333. The number of hydrogen-bond donors (Lipinski definition) is 2. The molecule has 0 bridgehead atoms. The summed E-state index contributed by atoms with van der Waals surface area (Å²) >= 11 is 0. The van der Waals surface area contributed by atoms with Gasteiger partial charge in [0.25, 0.3) is 0 Å². The largest absolute Gasteiger partial charge is 0.454 e. The molecule has 0 unspecified atom stereocenters. The first-order valence-corrected chi connectivity index (χ1v) is 6.40. The molecule has 0 saturated carbocycles. The van der Waals surface area contributed by atoms with Crippen LogP contribution in [0.2, 0.25) is 0 Å². The van der Waals surface area contributed by atoms with Crippen molar-refractivity contribution in [1.29, 1.82) is 0 Å². The molecule has 2 rings (SSSR count). The highest BCUT2D eigenvalue weighted by Crippen LogP contribution is 2.34. The van der Waals surface area contributed by atoms with Crippen molar-refractivity contribution in [3.05, 3.63) is 18.2 Å². The molecule has 16 heavy (non-hydrogen) atoms. The molecule has 0 spiro atoms. The number of hydrogen-bond acceptors (Lipinski definition) is 5. The van der Waals surface area contributed by atoms with Crippen LogP contribution in [0.3, 0.4) is 0 Å². The summed E-state index contributed by atoms with van der Waals surface area (Å²) < 4.78 is 31.7. The fourth-order valence-corrected chi connectivity index (χ4v) is 1.73. The van der Waals surface area contributed by atoms with Crippen molar-refractivity contribution in [2.45, 2.75) is 0 Å². The molecular weight excluding hydrogens is 232 g/mol. The number of fused-ring (bicyclic) bond motifs is 1. The summed E-state index contributed by atoms with van der Waals surface area (Å²) in [7, 11) is -3.42. The first-order valence-electron chi connectivity index (χ1n) is 4.68. The van der Waals surface area contributed by atoms with E-state index in [0.29, 0.717) is 11.5 Å². The Labute approximate surface area is 93.4 Å². The zero-order valence-corrected chi connectivity index (χ0v) is 9.29. The molecule has 1 aliphatic rings. The van der Waals surface area contributed by atoms with E-state index in [1.807, 2.05) is 0 Å². The first kappa shape index (κ1) is 11.0. The van der Waals surface area contributed by atoms with Crippen LogP contribution < -0.4 is 19.9 Å². The molecule has 6 nitrogen and oxygen atoms in total. The highest BCUT2D eigenvalue weighted by atomic mass is 32.2. The molecule has 1 aromatic rings. The van der Waals surface area contributed by atoms with E-state index in [4.69, 9.17) is 14.6 Å². The van der Waals surface area contributed by atoms with Crippen LogP contribution in [-0.2, 0) is 10.0 Å². The van der Waals surface area contributed by atoms with Gasteiger partial charge in [-0.05, 0) is 12.1 Å². The fourth-order valence-electron chi connectivity index (χ4n) is 1.34. The van der Waals surface area contributed by atoms with Crippen LogP contribution in [0, 0.1) is 0 Å². The lowest BCUT2D eigenvalue weighted by molar-refractivity contribution is 0.174. The van der Waals surface area contributed by atoms with Gasteiger partial charge in [0.2, 0.25) is 16.8 Å². The van der Waals surface area contributed by atoms with Crippen molar-refractivity contribution in [1.82, 2.24) is 0 Å². The van der Waals surface area contributed by atoms with Gasteiger partial charge in [-0.15, -0.1) is 0 Å². The molecule has 0 aliphatic carbocycles. The normalized spacial score (nSPS) is 13.8. The lowest BCUT2D eigenvalue weighted by atomic mass is 10.3. The van der Waals surface area contributed by atoms with Gasteiger partial charge in [-0.2, -0.15) is 0 Å². The number of ether oxygens (including phenoxy) is 2. The van der Waals surface area contributed by atoms with Gasteiger partial charge >= 0.3 is 0 Å². The predicted octanol–water partition coefficient (Wildman–Crippen LogP) is 0.116. The molecular formula is C9H12N2O4S. The molecule has 0 radical (unpaired) electrons. The molecule has 0 saturated heterocycles. The van der Waals surface area contributed by atoms with E-state index in [9.17, 15) is 8.42 Å². The van der Waals surface area contributed by atoms with Gasteiger partial charge in [0.1, 0.15) is 0 Å². The smallest absolute Gasteiger partial charge is 0.231 e. The second-order valence-corrected chi connectivity index (χ2v) is 5.10. The lowest BCUT2D eigenvalue weighted by Crippen LogP contribution is -2.22. The van der Waals surface area contributed by atoms with E-state index < -0.39 is 10.0 Å². The summed E-state index contributed by atoms with van der Waals surface area (Å²) in [5.74, 6) is 1.24. The highest BCUT2D eigenvalue weighted by Gasteiger charge is 2.13. The number of anilines is 1. The Morgan fingerprint density at radius 1 is 1.31 bits per heavy atom. The Bertz CT molecular complexity index is 486. The molecule has 7 heteroatoms. The summed E-state index contributed by atoms with van der Waals surface area (Å²) in [5, 5.41) is 7.81. The Morgan fingerprint density at radius 3 is 2.81 bits per heavy atom. The molecule has 3 N–H and O–H groups in total. The number of benzene rings is 1. The minimum absolute atomic E-state index is 0.110. The number of sulfonamides is 1. The van der Waals surface area contributed by atoms with Crippen LogP contribution in [0.4, 0.5) is 5.69 Å². The molecule has 1 aliphatic heterocycles. The maximum atomic E-state index is 10.7.